The van der Waals surface area contributed by atoms with Crippen LogP contribution in [-0.2, 0) is 12.8 Å². The predicted octanol–water partition coefficient (Wildman–Crippen LogP) is 2.94. The maximum absolute atomic E-state index is 5.81. The summed E-state index contributed by atoms with van der Waals surface area (Å²) in [4.78, 5) is 0. The number of ether oxygens (including phenoxy) is 1. The Morgan fingerprint density at radius 3 is 3.06 bits per heavy atom. The van der Waals surface area contributed by atoms with Crippen LogP contribution in [0.5, 0.6) is 5.75 Å². The third-order valence-corrected chi connectivity index (χ3v) is 3.19. The molecule has 0 radical (unpaired) electrons. The molecule has 1 aliphatic heterocycles. The van der Waals surface area contributed by atoms with Gasteiger partial charge in [-0.25, -0.2) is 0 Å². The topological polar surface area (TPSA) is 21.3 Å². The van der Waals surface area contributed by atoms with E-state index < -0.39 is 0 Å². The highest BCUT2D eigenvalue weighted by Gasteiger charge is 2.13. The maximum Gasteiger partial charge on any atom is 0.125 e. The maximum atomic E-state index is 5.81. The molecule has 0 fully saturated rings. The number of aryl methyl sites for hydroxylation is 2. The summed E-state index contributed by atoms with van der Waals surface area (Å²) in [5, 5.41) is 3.45. The van der Waals surface area contributed by atoms with Gasteiger partial charge in [0.05, 0.1) is 6.61 Å². The number of hydrogen-bond donors (Lipinski definition) is 1. The second-order valence-corrected chi connectivity index (χ2v) is 5.07. The second kappa shape index (κ2) is 6.06. The van der Waals surface area contributed by atoms with E-state index >= 15 is 0 Å². The van der Waals surface area contributed by atoms with E-state index in [0.717, 1.165) is 26.0 Å². The molecule has 0 atom stereocenters. The molecule has 0 bridgehead atoms. The van der Waals surface area contributed by atoms with E-state index in [0.29, 0.717) is 6.04 Å². The summed E-state index contributed by atoms with van der Waals surface area (Å²) in [6.45, 7) is 6.34. The number of rotatable bonds is 5. The molecule has 1 aromatic carbocycles. The number of fused-ring (bicyclic) bond motifs is 1. The van der Waals surface area contributed by atoms with Crippen molar-refractivity contribution in [3.63, 3.8) is 0 Å². The molecule has 0 amide bonds. The standard InChI is InChI=1S/C15H23NO/c1-12(2)16-10-4-8-13-6-3-7-14-9-5-11-17-15(13)14/h3,6-7,12,16H,4-5,8-11H2,1-2H3. The Kier molecular flexibility index (Phi) is 4.43. The Labute approximate surface area is 104 Å². The summed E-state index contributed by atoms with van der Waals surface area (Å²) in [6.07, 6.45) is 4.62. The zero-order chi connectivity index (χ0) is 12.1. The fourth-order valence-corrected chi connectivity index (χ4v) is 2.32. The number of hydrogen-bond acceptors (Lipinski definition) is 2. The molecule has 1 N–H and O–H groups in total. The average Bonchev–Trinajstić information content (AvgIpc) is 2.34. The molecule has 0 spiro atoms. The number of benzene rings is 1. The average molecular weight is 233 g/mol. The minimum atomic E-state index is 0.580. The molecule has 1 heterocycles. The van der Waals surface area contributed by atoms with E-state index in [2.05, 4.69) is 37.4 Å². The van der Waals surface area contributed by atoms with Crippen LogP contribution >= 0.6 is 0 Å². The van der Waals surface area contributed by atoms with Crippen LogP contribution in [0, 0.1) is 0 Å². The normalized spacial score (nSPS) is 14.5. The first-order chi connectivity index (χ1) is 8.27. The zero-order valence-electron chi connectivity index (χ0n) is 11.0. The van der Waals surface area contributed by atoms with Crippen LogP contribution in [0.3, 0.4) is 0 Å². The summed E-state index contributed by atoms with van der Waals surface area (Å²) in [5.74, 6) is 1.17. The Morgan fingerprint density at radius 2 is 2.24 bits per heavy atom. The monoisotopic (exact) mass is 233 g/mol. The molecule has 0 unspecified atom stereocenters. The van der Waals surface area contributed by atoms with Crippen LogP contribution in [0.1, 0.15) is 37.8 Å². The molecule has 17 heavy (non-hydrogen) atoms. The van der Waals surface area contributed by atoms with E-state index in [1.807, 2.05) is 0 Å². The molecule has 2 heteroatoms. The van der Waals surface area contributed by atoms with E-state index in [4.69, 9.17) is 4.74 Å². The summed E-state index contributed by atoms with van der Waals surface area (Å²) in [6, 6.07) is 7.15. The van der Waals surface area contributed by atoms with Gasteiger partial charge < -0.3 is 10.1 Å². The highest BCUT2D eigenvalue weighted by Crippen LogP contribution is 2.29. The Morgan fingerprint density at radius 1 is 1.35 bits per heavy atom. The first-order valence-electron chi connectivity index (χ1n) is 6.74. The smallest absolute Gasteiger partial charge is 0.125 e. The summed E-state index contributed by atoms with van der Waals surface area (Å²) in [5.41, 5.74) is 2.78. The fourth-order valence-electron chi connectivity index (χ4n) is 2.32. The molecule has 1 aliphatic rings. The van der Waals surface area contributed by atoms with Crippen LogP contribution in [0.25, 0.3) is 0 Å². The van der Waals surface area contributed by atoms with Gasteiger partial charge in [-0.1, -0.05) is 32.0 Å². The largest absolute Gasteiger partial charge is 0.493 e. The Hall–Kier alpha value is -1.02. The molecular weight excluding hydrogens is 210 g/mol. The summed E-state index contributed by atoms with van der Waals surface area (Å²) < 4.78 is 5.81. The fraction of sp³-hybridized carbons (Fsp3) is 0.600. The lowest BCUT2D eigenvalue weighted by atomic mass is 10.00. The Bertz CT molecular complexity index is 360. The van der Waals surface area contributed by atoms with Gasteiger partial charge >= 0.3 is 0 Å². The van der Waals surface area contributed by atoms with Crippen LogP contribution in [0.15, 0.2) is 18.2 Å². The molecule has 94 valence electrons. The highest BCUT2D eigenvalue weighted by molar-refractivity contribution is 5.42. The molecular formula is C15H23NO. The van der Waals surface area contributed by atoms with Crippen molar-refractivity contribution in [1.82, 2.24) is 5.32 Å². The van der Waals surface area contributed by atoms with Gasteiger partial charge in [-0.2, -0.15) is 0 Å². The zero-order valence-corrected chi connectivity index (χ0v) is 11.0. The van der Waals surface area contributed by atoms with Gasteiger partial charge in [0.25, 0.3) is 0 Å². The highest BCUT2D eigenvalue weighted by atomic mass is 16.5. The predicted molar refractivity (Wildman–Crippen MR) is 71.7 cm³/mol. The number of nitrogens with one attached hydrogen (secondary N) is 1. The summed E-state index contributed by atoms with van der Waals surface area (Å²) >= 11 is 0. The van der Waals surface area contributed by atoms with Crippen molar-refractivity contribution in [2.75, 3.05) is 13.2 Å². The van der Waals surface area contributed by atoms with E-state index in [1.54, 1.807) is 0 Å². The second-order valence-electron chi connectivity index (χ2n) is 5.07. The molecule has 1 aromatic rings. The van der Waals surface area contributed by atoms with E-state index in [9.17, 15) is 0 Å². The van der Waals surface area contributed by atoms with Crippen molar-refractivity contribution in [2.24, 2.45) is 0 Å². The van der Waals surface area contributed by atoms with Crippen molar-refractivity contribution in [2.45, 2.75) is 45.6 Å². The van der Waals surface area contributed by atoms with Crippen molar-refractivity contribution in [3.8, 4) is 5.75 Å². The molecule has 0 aliphatic carbocycles. The first-order valence-corrected chi connectivity index (χ1v) is 6.74. The van der Waals surface area contributed by atoms with E-state index in [-0.39, 0.29) is 0 Å². The third kappa shape index (κ3) is 3.47. The molecule has 0 saturated carbocycles. The Balaban J connectivity index is 1.92. The third-order valence-electron chi connectivity index (χ3n) is 3.19. The first kappa shape index (κ1) is 12.4. The van der Waals surface area contributed by atoms with Gasteiger partial charge in [0, 0.05) is 6.04 Å². The summed E-state index contributed by atoms with van der Waals surface area (Å²) in [7, 11) is 0. The van der Waals surface area contributed by atoms with Crippen molar-refractivity contribution in [3.05, 3.63) is 29.3 Å². The molecule has 0 saturated heterocycles. The van der Waals surface area contributed by atoms with Gasteiger partial charge in [0.2, 0.25) is 0 Å². The minimum absolute atomic E-state index is 0.580. The lowest BCUT2D eigenvalue weighted by Gasteiger charge is -2.20. The SMILES string of the molecule is CC(C)NCCCc1cccc2c1OCCC2. The van der Waals surface area contributed by atoms with Crippen molar-refractivity contribution in [1.29, 1.82) is 0 Å². The van der Waals surface area contributed by atoms with Gasteiger partial charge in [0.1, 0.15) is 5.75 Å². The van der Waals surface area contributed by atoms with Gasteiger partial charge in [-0.3, -0.25) is 0 Å². The molecule has 2 rings (SSSR count). The van der Waals surface area contributed by atoms with Gasteiger partial charge in [-0.05, 0) is 43.4 Å². The number of para-hydroxylation sites is 1. The molecule has 0 aromatic heterocycles. The van der Waals surface area contributed by atoms with Crippen LogP contribution in [0.4, 0.5) is 0 Å². The van der Waals surface area contributed by atoms with Crippen LogP contribution in [0.2, 0.25) is 0 Å². The minimum Gasteiger partial charge on any atom is -0.493 e. The van der Waals surface area contributed by atoms with Crippen molar-refractivity contribution >= 4 is 0 Å². The molecule has 2 nitrogen and oxygen atoms in total. The van der Waals surface area contributed by atoms with Crippen LogP contribution in [-0.4, -0.2) is 19.2 Å². The van der Waals surface area contributed by atoms with Crippen molar-refractivity contribution < 1.29 is 4.74 Å². The van der Waals surface area contributed by atoms with E-state index in [1.165, 1.54) is 29.7 Å². The van der Waals surface area contributed by atoms with Gasteiger partial charge in [-0.15, -0.1) is 0 Å². The van der Waals surface area contributed by atoms with Crippen LogP contribution < -0.4 is 10.1 Å². The lowest BCUT2D eigenvalue weighted by molar-refractivity contribution is 0.285. The quantitative estimate of drug-likeness (QED) is 0.790. The lowest BCUT2D eigenvalue weighted by Crippen LogP contribution is -2.24. The van der Waals surface area contributed by atoms with Gasteiger partial charge in [0.15, 0.2) is 0 Å².